The molecular formula is C18H28Cl2SiTi-2. The Morgan fingerprint density at radius 2 is 1.18 bits per heavy atom. The number of halogens is 2. The molecule has 0 radical (unpaired) electrons. The second kappa shape index (κ2) is 16.3. The largest absolute Gasteiger partial charge is 1.00 e. The van der Waals surface area contributed by atoms with E-state index in [9.17, 15) is 0 Å². The summed E-state index contributed by atoms with van der Waals surface area (Å²) in [6.45, 7) is 13.2. The van der Waals surface area contributed by atoms with Crippen LogP contribution in [0.25, 0.3) is 0 Å². The predicted molar refractivity (Wildman–Crippen MR) is 88.2 cm³/mol. The van der Waals surface area contributed by atoms with Crippen LogP contribution in [-0.2, 0) is 19.2 Å². The molecule has 2 aliphatic rings. The zero-order valence-electron chi connectivity index (χ0n) is 14.6. The van der Waals surface area contributed by atoms with Crippen molar-refractivity contribution < 1.29 is 44.0 Å². The van der Waals surface area contributed by atoms with Gasteiger partial charge in [0.2, 0.25) is 0 Å². The van der Waals surface area contributed by atoms with Crippen molar-refractivity contribution in [1.82, 2.24) is 0 Å². The average Bonchev–Trinajstić information content (AvgIpc) is 2.97. The third-order valence-corrected chi connectivity index (χ3v) is 2.81. The smallest absolute Gasteiger partial charge is 1.00 e. The minimum absolute atomic E-state index is 0. The van der Waals surface area contributed by atoms with E-state index in [1.54, 1.807) is 0 Å². The fourth-order valence-electron chi connectivity index (χ4n) is 1.75. The van der Waals surface area contributed by atoms with Crippen molar-refractivity contribution in [2.45, 2.75) is 53.6 Å². The monoisotopic (exact) mass is 390 g/mol. The van der Waals surface area contributed by atoms with E-state index in [-0.39, 0.29) is 31.0 Å². The molecule has 0 saturated carbocycles. The van der Waals surface area contributed by atoms with E-state index in [2.05, 4.69) is 96.4 Å². The number of hydrogen-bond donors (Lipinski definition) is 0. The van der Waals surface area contributed by atoms with Crippen molar-refractivity contribution >= 4 is 6.19 Å². The van der Waals surface area contributed by atoms with E-state index in [0.29, 0.717) is 11.8 Å². The van der Waals surface area contributed by atoms with Crippen molar-refractivity contribution in [3.63, 3.8) is 0 Å². The van der Waals surface area contributed by atoms with Crippen LogP contribution in [0.2, 0.25) is 13.1 Å². The van der Waals surface area contributed by atoms with Gasteiger partial charge in [0.05, 0.1) is 0 Å². The van der Waals surface area contributed by atoms with Gasteiger partial charge in [-0.2, -0.15) is 12.2 Å². The van der Waals surface area contributed by atoms with Gasteiger partial charge in [-0.3, -0.25) is 12.2 Å². The molecule has 0 bridgehead atoms. The zero-order chi connectivity index (χ0) is 15.5. The molecule has 0 saturated heterocycles. The molecule has 22 heavy (non-hydrogen) atoms. The predicted octanol–water partition coefficient (Wildman–Crippen LogP) is -0.544. The molecule has 0 aliphatic heterocycles. The first-order valence-electron chi connectivity index (χ1n) is 7.50. The van der Waals surface area contributed by atoms with Crippen LogP contribution in [0.5, 0.6) is 0 Å². The van der Waals surface area contributed by atoms with Gasteiger partial charge in [0, 0.05) is 0 Å². The second-order valence-electron chi connectivity index (χ2n) is 5.39. The van der Waals surface area contributed by atoms with Crippen LogP contribution in [0.1, 0.15) is 40.5 Å². The molecule has 2 atom stereocenters. The molecule has 0 heterocycles. The van der Waals surface area contributed by atoms with Crippen LogP contribution in [0, 0.1) is 24.0 Å². The fourth-order valence-corrected chi connectivity index (χ4v) is 1.75. The maximum atomic E-state index is 3.20. The summed E-state index contributed by atoms with van der Waals surface area (Å²) in [6, 6.07) is 0. The molecule has 0 nitrogen and oxygen atoms in total. The Morgan fingerprint density at radius 3 is 1.27 bits per heavy atom. The van der Waals surface area contributed by atoms with Crippen LogP contribution in [0.4, 0.5) is 0 Å². The van der Waals surface area contributed by atoms with Gasteiger partial charge in [-0.05, 0) is 0 Å². The molecule has 0 fully saturated rings. The molecule has 4 heteroatoms. The molecule has 0 aromatic carbocycles. The van der Waals surface area contributed by atoms with Crippen LogP contribution in [-0.4, -0.2) is 6.19 Å². The Bertz CT molecular complexity index is 385. The van der Waals surface area contributed by atoms with Gasteiger partial charge in [0.25, 0.3) is 0 Å². The first kappa shape index (κ1) is 27.3. The molecule has 2 aliphatic carbocycles. The van der Waals surface area contributed by atoms with Crippen LogP contribution in [0.15, 0.2) is 35.5 Å². The summed E-state index contributed by atoms with van der Waals surface area (Å²) in [7, 11) is 0. The third kappa shape index (κ3) is 15.4. The summed E-state index contributed by atoms with van der Waals surface area (Å²) in [6.07, 6.45) is 17.5. The Hall–Kier alpha value is 0.471. The Labute approximate surface area is 162 Å². The first-order valence-corrected chi connectivity index (χ1v) is 12.3. The van der Waals surface area contributed by atoms with Gasteiger partial charge >= 0.3 is 38.5 Å². The molecule has 0 amide bonds. The summed E-state index contributed by atoms with van der Waals surface area (Å²) in [5.74, 6) is 1.12. The van der Waals surface area contributed by atoms with E-state index in [0.717, 1.165) is 12.8 Å². The minimum Gasteiger partial charge on any atom is -1.00 e. The third-order valence-electron chi connectivity index (χ3n) is 2.81. The van der Waals surface area contributed by atoms with Gasteiger partial charge in [0.1, 0.15) is 0 Å². The normalized spacial score (nSPS) is 20.4. The van der Waals surface area contributed by atoms with Crippen molar-refractivity contribution in [3.05, 3.63) is 47.6 Å². The standard InChI is InChI=1S/2C8H11.C2H6Si.2ClH.Ti/c2*1-3-8-5-4-7(2)6-8;1-3-2;;;/h2*5-7H,3H2,1-2H3;1-2H3;2*1H;/q2*-1;;;;+2/p-2. The van der Waals surface area contributed by atoms with E-state index in [4.69, 9.17) is 0 Å². The van der Waals surface area contributed by atoms with Crippen LogP contribution < -0.4 is 24.8 Å². The SMILES string of the molecule is CCC1=CC(C)[C-]=C1.CCC1=CC(C)[C-]=C1.C[Si](C)=[Ti+2].[Cl-].[Cl-]. The molecule has 2 rings (SSSR count). The van der Waals surface area contributed by atoms with Gasteiger partial charge in [-0.1, -0.05) is 52.4 Å². The van der Waals surface area contributed by atoms with E-state index >= 15 is 0 Å². The maximum absolute atomic E-state index is 3.20. The fraction of sp³-hybridized carbons (Fsp3) is 0.556. The zero-order valence-corrected chi connectivity index (χ0v) is 18.7. The Morgan fingerprint density at radius 1 is 0.909 bits per heavy atom. The topological polar surface area (TPSA) is 0 Å². The van der Waals surface area contributed by atoms with Crippen molar-refractivity contribution in [2.75, 3.05) is 0 Å². The maximum Gasteiger partial charge on any atom is -1.00 e. The molecule has 124 valence electrons. The van der Waals surface area contributed by atoms with Crippen molar-refractivity contribution in [2.24, 2.45) is 11.8 Å². The van der Waals surface area contributed by atoms with Gasteiger partial charge in [-0.15, -0.1) is 0 Å². The molecule has 0 N–H and O–H groups in total. The average molecular weight is 391 g/mol. The molecule has 0 spiro atoms. The van der Waals surface area contributed by atoms with Gasteiger partial charge < -0.3 is 24.8 Å². The van der Waals surface area contributed by atoms with Gasteiger partial charge in [-0.25, -0.2) is 23.3 Å². The molecule has 2 unspecified atom stereocenters. The van der Waals surface area contributed by atoms with E-state index in [1.165, 1.54) is 11.1 Å². The van der Waals surface area contributed by atoms with E-state index < -0.39 is 0 Å². The number of hydrogen-bond acceptors (Lipinski definition) is 0. The first-order chi connectivity index (χ1) is 9.38. The molecule has 0 aromatic heterocycles. The molecular weight excluding hydrogens is 363 g/mol. The van der Waals surface area contributed by atoms with Crippen LogP contribution in [0.3, 0.4) is 0 Å². The van der Waals surface area contributed by atoms with Crippen LogP contribution >= 0.6 is 0 Å². The summed E-state index contributed by atoms with van der Waals surface area (Å²) in [5.41, 5.74) is 2.86. The van der Waals surface area contributed by atoms with E-state index in [1.807, 2.05) is 0 Å². The summed E-state index contributed by atoms with van der Waals surface area (Å²) in [5, 5.41) is 0. The number of allylic oxidation sites excluding steroid dienone is 8. The van der Waals surface area contributed by atoms with Crippen molar-refractivity contribution in [3.8, 4) is 0 Å². The number of rotatable bonds is 2. The minimum atomic E-state index is 0. The Kier molecular flexibility index (Phi) is 20.3. The summed E-state index contributed by atoms with van der Waals surface area (Å²) in [4.78, 5) is 0. The summed E-state index contributed by atoms with van der Waals surface area (Å²) >= 11 is 2.27. The second-order valence-corrected chi connectivity index (χ2v) is 12.1. The Balaban J connectivity index is -0.000000249. The summed E-state index contributed by atoms with van der Waals surface area (Å²) < 4.78 is 0. The van der Waals surface area contributed by atoms with Gasteiger partial charge in [0.15, 0.2) is 0 Å². The molecule has 0 aromatic rings. The quantitative estimate of drug-likeness (QED) is 0.438. The van der Waals surface area contributed by atoms with Crippen molar-refractivity contribution in [1.29, 1.82) is 0 Å².